The molecule has 3 rings (SSSR count). The lowest BCUT2D eigenvalue weighted by Gasteiger charge is -2.23. The molecule has 0 bridgehead atoms. The summed E-state index contributed by atoms with van der Waals surface area (Å²) in [4.78, 5) is 16.9. The second-order valence-electron chi connectivity index (χ2n) is 6.36. The first kappa shape index (κ1) is 16.3. The second-order valence-corrected chi connectivity index (χ2v) is 8.38. The van der Waals surface area contributed by atoms with Crippen LogP contribution >= 0.6 is 0 Å². The van der Waals surface area contributed by atoms with Crippen LogP contribution in [0.25, 0.3) is 0 Å². The van der Waals surface area contributed by atoms with Crippen molar-refractivity contribution in [3.05, 3.63) is 24.3 Å². The van der Waals surface area contributed by atoms with Crippen LogP contribution in [0.15, 0.2) is 29.2 Å². The Kier molecular flexibility index (Phi) is 4.59. The molecule has 2 heterocycles. The molecule has 0 saturated carbocycles. The van der Waals surface area contributed by atoms with Gasteiger partial charge in [0.25, 0.3) is 0 Å². The Hall–Kier alpha value is -1.60. The average molecular weight is 337 g/mol. The summed E-state index contributed by atoms with van der Waals surface area (Å²) in [6.45, 7) is 3.77. The summed E-state index contributed by atoms with van der Waals surface area (Å²) in [6, 6.07) is 6.69. The number of carbonyl (C=O) groups is 1. The van der Waals surface area contributed by atoms with Crippen molar-refractivity contribution < 1.29 is 13.2 Å². The minimum atomic E-state index is -3.27. The van der Waals surface area contributed by atoms with Crippen molar-refractivity contribution in [2.45, 2.75) is 30.2 Å². The number of carbonyl (C=O) groups excluding carboxylic acids is 1. The van der Waals surface area contributed by atoms with E-state index >= 15 is 0 Å². The van der Waals surface area contributed by atoms with Gasteiger partial charge in [-0.1, -0.05) is 6.07 Å². The van der Waals surface area contributed by atoms with Crippen molar-refractivity contribution in [1.82, 2.24) is 9.80 Å². The summed E-state index contributed by atoms with van der Waals surface area (Å²) in [5.74, 6) is 0. The normalized spacial score (nSPS) is 22.5. The van der Waals surface area contributed by atoms with Crippen LogP contribution in [-0.4, -0.2) is 62.7 Å². The number of anilines is 1. The summed E-state index contributed by atoms with van der Waals surface area (Å²) in [5, 5.41) is 2.81. The summed E-state index contributed by atoms with van der Waals surface area (Å²) >= 11 is 0. The third-order valence-electron chi connectivity index (χ3n) is 4.62. The van der Waals surface area contributed by atoms with Gasteiger partial charge in [-0.25, -0.2) is 13.2 Å². The fourth-order valence-electron chi connectivity index (χ4n) is 3.34. The number of likely N-dealkylation sites (tertiary alicyclic amines) is 2. The quantitative estimate of drug-likeness (QED) is 0.913. The third-order valence-corrected chi connectivity index (χ3v) is 5.73. The number of hydrogen-bond donors (Lipinski definition) is 1. The molecule has 2 saturated heterocycles. The zero-order chi connectivity index (χ0) is 16.4. The van der Waals surface area contributed by atoms with Gasteiger partial charge in [0.05, 0.1) is 4.90 Å². The lowest BCUT2D eigenvalue weighted by Crippen LogP contribution is -2.38. The topological polar surface area (TPSA) is 69.7 Å². The molecule has 0 aliphatic carbocycles. The van der Waals surface area contributed by atoms with Crippen LogP contribution in [0.5, 0.6) is 0 Å². The zero-order valence-corrected chi connectivity index (χ0v) is 14.2. The first-order chi connectivity index (χ1) is 10.9. The van der Waals surface area contributed by atoms with E-state index in [2.05, 4.69) is 10.2 Å². The van der Waals surface area contributed by atoms with Gasteiger partial charge in [-0.15, -0.1) is 0 Å². The Labute approximate surface area is 137 Å². The molecule has 1 N–H and O–H groups in total. The maximum Gasteiger partial charge on any atom is 0.321 e. The van der Waals surface area contributed by atoms with Gasteiger partial charge in [-0.3, -0.25) is 4.90 Å². The van der Waals surface area contributed by atoms with Gasteiger partial charge in [0.1, 0.15) is 0 Å². The minimum absolute atomic E-state index is 0.155. The number of sulfone groups is 1. The Morgan fingerprint density at radius 2 is 1.96 bits per heavy atom. The summed E-state index contributed by atoms with van der Waals surface area (Å²) < 4.78 is 23.2. The number of amides is 2. The number of nitrogens with zero attached hydrogens (tertiary/aromatic N) is 2. The van der Waals surface area contributed by atoms with E-state index in [1.165, 1.54) is 25.0 Å². The van der Waals surface area contributed by atoms with Crippen LogP contribution in [0.4, 0.5) is 10.5 Å². The molecule has 6 nitrogen and oxygen atoms in total. The van der Waals surface area contributed by atoms with Crippen LogP contribution in [0, 0.1) is 0 Å². The Balaban J connectivity index is 1.61. The summed E-state index contributed by atoms with van der Waals surface area (Å²) in [7, 11) is -3.27. The smallest absolute Gasteiger partial charge is 0.321 e. The highest BCUT2D eigenvalue weighted by Gasteiger charge is 2.31. The third kappa shape index (κ3) is 3.84. The molecule has 1 aromatic rings. The molecule has 0 spiro atoms. The molecule has 2 amide bonds. The SMILES string of the molecule is CS(=O)(=O)c1cccc(NC(=O)N2CC[C@H](N3CCCC3)C2)c1. The lowest BCUT2D eigenvalue weighted by atomic mass is 10.2. The van der Waals surface area contributed by atoms with Crippen LogP contribution in [0.2, 0.25) is 0 Å². The highest BCUT2D eigenvalue weighted by molar-refractivity contribution is 7.90. The molecule has 2 fully saturated rings. The molecule has 23 heavy (non-hydrogen) atoms. The summed E-state index contributed by atoms with van der Waals surface area (Å²) in [6.07, 6.45) is 4.67. The van der Waals surface area contributed by atoms with Crippen LogP contribution < -0.4 is 5.32 Å². The molecule has 1 aromatic carbocycles. The first-order valence-electron chi connectivity index (χ1n) is 8.03. The van der Waals surface area contributed by atoms with E-state index in [0.717, 1.165) is 38.9 Å². The molecule has 0 aromatic heterocycles. The van der Waals surface area contributed by atoms with E-state index in [9.17, 15) is 13.2 Å². The molecule has 2 aliphatic heterocycles. The monoisotopic (exact) mass is 337 g/mol. The van der Waals surface area contributed by atoms with E-state index in [1.54, 1.807) is 12.1 Å². The van der Waals surface area contributed by atoms with Crippen LogP contribution in [-0.2, 0) is 9.84 Å². The van der Waals surface area contributed by atoms with Gasteiger partial charge in [0.2, 0.25) is 0 Å². The Morgan fingerprint density at radius 1 is 1.22 bits per heavy atom. The van der Waals surface area contributed by atoms with Crippen LogP contribution in [0.3, 0.4) is 0 Å². The molecular weight excluding hydrogens is 314 g/mol. The number of nitrogens with one attached hydrogen (secondary N) is 1. The minimum Gasteiger partial charge on any atom is -0.323 e. The van der Waals surface area contributed by atoms with Gasteiger partial charge >= 0.3 is 6.03 Å². The van der Waals surface area contributed by atoms with Crippen molar-refractivity contribution in [2.24, 2.45) is 0 Å². The van der Waals surface area contributed by atoms with Gasteiger partial charge in [-0.05, 0) is 50.6 Å². The number of urea groups is 1. The molecule has 126 valence electrons. The molecule has 0 radical (unpaired) electrons. The largest absolute Gasteiger partial charge is 0.323 e. The second kappa shape index (κ2) is 6.49. The summed E-state index contributed by atoms with van der Waals surface area (Å²) in [5.41, 5.74) is 0.516. The van der Waals surface area contributed by atoms with E-state index in [1.807, 2.05) is 4.90 Å². The zero-order valence-electron chi connectivity index (χ0n) is 13.4. The standard InChI is InChI=1S/C16H23N3O3S/c1-23(21,22)15-6-4-5-13(11-15)17-16(20)19-10-7-14(12-19)18-8-2-3-9-18/h4-6,11,14H,2-3,7-10,12H2,1H3,(H,17,20)/t14-/m0/s1. The van der Waals surface area contributed by atoms with Crippen LogP contribution in [0.1, 0.15) is 19.3 Å². The van der Waals surface area contributed by atoms with Crippen molar-refractivity contribution in [3.8, 4) is 0 Å². The molecule has 0 unspecified atom stereocenters. The van der Waals surface area contributed by atoms with Gasteiger partial charge < -0.3 is 10.2 Å². The van der Waals surface area contributed by atoms with Gasteiger partial charge in [0.15, 0.2) is 9.84 Å². The predicted octanol–water partition coefficient (Wildman–Crippen LogP) is 1.79. The van der Waals surface area contributed by atoms with Gasteiger partial charge in [0, 0.05) is 31.1 Å². The van der Waals surface area contributed by atoms with E-state index in [0.29, 0.717) is 11.7 Å². The maximum atomic E-state index is 12.4. The Morgan fingerprint density at radius 3 is 2.65 bits per heavy atom. The van der Waals surface area contributed by atoms with Crippen molar-refractivity contribution in [2.75, 3.05) is 37.8 Å². The number of rotatable bonds is 3. The van der Waals surface area contributed by atoms with Crippen molar-refractivity contribution >= 4 is 21.6 Å². The average Bonchev–Trinajstić information content (AvgIpc) is 3.18. The molecular formula is C16H23N3O3S. The fourth-order valence-corrected chi connectivity index (χ4v) is 4.00. The predicted molar refractivity (Wildman–Crippen MR) is 89.4 cm³/mol. The van der Waals surface area contributed by atoms with Crippen molar-refractivity contribution in [3.63, 3.8) is 0 Å². The molecule has 2 aliphatic rings. The highest BCUT2D eigenvalue weighted by Crippen LogP contribution is 2.22. The molecule has 1 atom stereocenters. The van der Waals surface area contributed by atoms with E-state index in [-0.39, 0.29) is 10.9 Å². The van der Waals surface area contributed by atoms with E-state index in [4.69, 9.17) is 0 Å². The van der Waals surface area contributed by atoms with E-state index < -0.39 is 9.84 Å². The fraction of sp³-hybridized carbons (Fsp3) is 0.562. The van der Waals surface area contributed by atoms with Gasteiger partial charge in [-0.2, -0.15) is 0 Å². The molecule has 7 heteroatoms. The highest BCUT2D eigenvalue weighted by atomic mass is 32.2. The maximum absolute atomic E-state index is 12.4. The first-order valence-corrected chi connectivity index (χ1v) is 9.93. The van der Waals surface area contributed by atoms with Crippen molar-refractivity contribution in [1.29, 1.82) is 0 Å². The number of hydrogen-bond acceptors (Lipinski definition) is 4. The lowest BCUT2D eigenvalue weighted by molar-refractivity contribution is 0.210. The Bertz CT molecular complexity index is 684. The number of benzene rings is 1.